The van der Waals surface area contributed by atoms with E-state index in [-0.39, 0.29) is 17.3 Å². The first kappa shape index (κ1) is 19.1. The molecule has 0 aliphatic rings. The molecule has 3 rings (SSSR count). The van der Waals surface area contributed by atoms with Crippen molar-refractivity contribution in [2.45, 2.75) is 5.16 Å². The Morgan fingerprint density at radius 3 is 2.70 bits per heavy atom. The van der Waals surface area contributed by atoms with E-state index >= 15 is 0 Å². The van der Waals surface area contributed by atoms with Gasteiger partial charge in [0.25, 0.3) is 5.69 Å². The Morgan fingerprint density at radius 2 is 2.04 bits per heavy atom. The van der Waals surface area contributed by atoms with Gasteiger partial charge in [-0.3, -0.25) is 14.9 Å². The molecule has 27 heavy (non-hydrogen) atoms. The van der Waals surface area contributed by atoms with E-state index in [1.54, 1.807) is 6.20 Å². The molecule has 9 heteroatoms. The first-order valence-electron chi connectivity index (χ1n) is 7.89. The molecule has 1 aromatic heterocycles. The number of hydrogen-bond acceptors (Lipinski definition) is 5. The van der Waals surface area contributed by atoms with E-state index in [0.29, 0.717) is 10.2 Å². The van der Waals surface area contributed by atoms with Gasteiger partial charge in [-0.1, -0.05) is 42.1 Å². The molecule has 0 aliphatic carbocycles. The molecule has 0 fully saturated rings. The number of nitrogens with zero attached hydrogens (tertiary/aromatic N) is 3. The van der Waals surface area contributed by atoms with Crippen LogP contribution >= 0.6 is 27.7 Å². The minimum atomic E-state index is -0.488. The Morgan fingerprint density at radius 1 is 1.30 bits per heavy atom. The monoisotopic (exact) mass is 446 g/mol. The van der Waals surface area contributed by atoms with E-state index in [1.165, 1.54) is 30.0 Å². The average Bonchev–Trinajstić information content (AvgIpc) is 3.03. The summed E-state index contributed by atoms with van der Waals surface area (Å²) in [5.41, 5.74) is 2.46. The summed E-state index contributed by atoms with van der Waals surface area (Å²) in [6.07, 6.45) is 1.78. The third-order valence-electron chi connectivity index (χ3n) is 3.79. The Labute approximate surface area is 168 Å². The molecule has 0 unspecified atom stereocenters. The van der Waals surface area contributed by atoms with Crippen LogP contribution in [0.15, 0.2) is 64.4 Å². The van der Waals surface area contributed by atoms with Crippen molar-refractivity contribution < 1.29 is 9.72 Å². The molecule has 2 aromatic carbocycles. The number of carbonyl (C=O) groups is 1. The quantitative estimate of drug-likeness (QED) is 0.342. The molecular weight excluding hydrogens is 432 g/mol. The topological polar surface area (TPSA) is 90.1 Å². The third-order valence-corrected chi connectivity index (χ3v) is 5.49. The van der Waals surface area contributed by atoms with Crippen LogP contribution in [0, 0.1) is 10.1 Å². The molecule has 1 amide bonds. The summed E-state index contributed by atoms with van der Waals surface area (Å²) in [6.45, 7) is 0. The second-order valence-electron chi connectivity index (χ2n) is 5.61. The van der Waals surface area contributed by atoms with E-state index in [9.17, 15) is 14.9 Å². The maximum atomic E-state index is 12.2. The van der Waals surface area contributed by atoms with E-state index in [0.717, 1.165) is 16.4 Å². The van der Waals surface area contributed by atoms with Crippen molar-refractivity contribution in [3.05, 3.63) is 69.3 Å². The molecule has 0 aliphatic heterocycles. The van der Waals surface area contributed by atoms with E-state index in [1.807, 2.05) is 41.9 Å². The molecule has 1 N–H and O–H groups in total. The molecular formula is C18H15BrN4O3S. The van der Waals surface area contributed by atoms with Gasteiger partial charge in [-0.25, -0.2) is 4.98 Å². The molecule has 1 heterocycles. The first-order chi connectivity index (χ1) is 13.0. The van der Waals surface area contributed by atoms with Gasteiger partial charge in [0.05, 0.1) is 28.3 Å². The zero-order valence-electron chi connectivity index (χ0n) is 14.3. The largest absolute Gasteiger partial charge is 0.324 e. The van der Waals surface area contributed by atoms with Gasteiger partial charge in [-0.15, -0.1) is 0 Å². The van der Waals surface area contributed by atoms with Crippen molar-refractivity contribution in [3.8, 4) is 11.3 Å². The maximum Gasteiger partial charge on any atom is 0.270 e. The normalized spacial score (nSPS) is 10.6. The summed E-state index contributed by atoms with van der Waals surface area (Å²) < 4.78 is 2.40. The minimum Gasteiger partial charge on any atom is -0.324 e. The smallest absolute Gasteiger partial charge is 0.270 e. The fraction of sp³-hybridized carbons (Fsp3) is 0.111. The lowest BCUT2D eigenvalue weighted by atomic mass is 10.2. The highest BCUT2D eigenvalue weighted by atomic mass is 79.9. The molecule has 0 atom stereocenters. The molecule has 0 saturated carbocycles. The number of nitro benzene ring substituents is 1. The molecule has 0 spiro atoms. The van der Waals surface area contributed by atoms with Crippen molar-refractivity contribution in [2.75, 3.05) is 11.1 Å². The second kappa shape index (κ2) is 8.36. The van der Waals surface area contributed by atoms with Gasteiger partial charge in [-0.05, 0) is 27.6 Å². The number of thioether (sulfide) groups is 1. The van der Waals surface area contributed by atoms with Crippen molar-refractivity contribution in [3.63, 3.8) is 0 Å². The fourth-order valence-corrected chi connectivity index (χ4v) is 3.66. The molecule has 7 nitrogen and oxygen atoms in total. The van der Waals surface area contributed by atoms with Gasteiger partial charge in [0.15, 0.2) is 5.16 Å². The van der Waals surface area contributed by atoms with E-state index in [4.69, 9.17) is 0 Å². The number of amides is 1. The second-order valence-corrected chi connectivity index (χ2v) is 7.41. The maximum absolute atomic E-state index is 12.2. The number of carbonyl (C=O) groups excluding carboxylic acids is 1. The standard InChI is InChI=1S/C18H15BrN4O3S/c1-22-16(12-5-3-2-4-6-12)10-20-18(22)27-11-17(24)21-15-8-7-13(23(25)26)9-14(15)19/h2-10H,11H2,1H3,(H,21,24). The SMILES string of the molecule is Cn1c(-c2ccccc2)cnc1SCC(=O)Nc1ccc([N+](=O)[O-])cc1Br. The predicted molar refractivity (Wildman–Crippen MR) is 109 cm³/mol. The summed E-state index contributed by atoms with van der Waals surface area (Å²) in [5.74, 6) is -0.0542. The summed E-state index contributed by atoms with van der Waals surface area (Å²) in [4.78, 5) is 26.9. The zero-order valence-corrected chi connectivity index (χ0v) is 16.7. The predicted octanol–water partition coefficient (Wildman–Crippen LogP) is 4.49. The lowest BCUT2D eigenvalue weighted by Crippen LogP contribution is -2.15. The summed E-state index contributed by atoms with van der Waals surface area (Å²) in [6, 6.07) is 14.1. The fourth-order valence-electron chi connectivity index (χ4n) is 2.44. The zero-order chi connectivity index (χ0) is 19.4. The van der Waals surface area contributed by atoms with Gasteiger partial charge in [-0.2, -0.15) is 0 Å². The van der Waals surface area contributed by atoms with Crippen LogP contribution in [0.3, 0.4) is 0 Å². The highest BCUT2D eigenvalue weighted by Gasteiger charge is 2.14. The summed E-state index contributed by atoms with van der Waals surface area (Å²) in [7, 11) is 1.91. The number of nitro groups is 1. The van der Waals surface area contributed by atoms with Crippen molar-refractivity contribution in [1.29, 1.82) is 0 Å². The number of halogens is 1. The number of anilines is 1. The Kier molecular flexibility index (Phi) is 5.92. The number of rotatable bonds is 6. The minimum absolute atomic E-state index is 0.0456. The van der Waals surface area contributed by atoms with Gasteiger partial charge in [0.1, 0.15) is 0 Å². The van der Waals surface area contributed by atoms with Crippen LogP contribution < -0.4 is 5.32 Å². The van der Waals surface area contributed by atoms with Crippen molar-refractivity contribution in [2.24, 2.45) is 7.05 Å². The number of non-ortho nitro benzene ring substituents is 1. The Hall–Kier alpha value is -2.65. The van der Waals surface area contributed by atoms with Crippen LogP contribution in [-0.2, 0) is 11.8 Å². The molecule has 0 bridgehead atoms. The number of nitrogens with one attached hydrogen (secondary N) is 1. The van der Waals surface area contributed by atoms with Crippen LogP contribution in [0.25, 0.3) is 11.3 Å². The van der Waals surface area contributed by atoms with Crippen LogP contribution in [0.2, 0.25) is 0 Å². The van der Waals surface area contributed by atoms with Crippen LogP contribution in [0.4, 0.5) is 11.4 Å². The number of hydrogen-bond donors (Lipinski definition) is 1. The van der Waals surface area contributed by atoms with Crippen LogP contribution in [0.5, 0.6) is 0 Å². The van der Waals surface area contributed by atoms with Crippen LogP contribution in [-0.4, -0.2) is 26.1 Å². The highest BCUT2D eigenvalue weighted by molar-refractivity contribution is 9.10. The lowest BCUT2D eigenvalue weighted by molar-refractivity contribution is -0.384. The van der Waals surface area contributed by atoms with Crippen molar-refractivity contribution >= 4 is 45.0 Å². The van der Waals surface area contributed by atoms with Crippen molar-refractivity contribution in [1.82, 2.24) is 9.55 Å². The molecule has 0 saturated heterocycles. The number of benzene rings is 2. The van der Waals surface area contributed by atoms with Gasteiger partial charge in [0.2, 0.25) is 5.91 Å². The highest BCUT2D eigenvalue weighted by Crippen LogP contribution is 2.28. The van der Waals surface area contributed by atoms with E-state index in [2.05, 4.69) is 26.2 Å². The van der Waals surface area contributed by atoms with Gasteiger partial charge >= 0.3 is 0 Å². The third kappa shape index (κ3) is 4.55. The van der Waals surface area contributed by atoms with Crippen LogP contribution in [0.1, 0.15) is 0 Å². The summed E-state index contributed by atoms with van der Waals surface area (Å²) in [5, 5.41) is 14.2. The average molecular weight is 447 g/mol. The Bertz CT molecular complexity index is 992. The van der Waals surface area contributed by atoms with E-state index < -0.39 is 4.92 Å². The lowest BCUT2D eigenvalue weighted by Gasteiger charge is -2.08. The molecule has 3 aromatic rings. The number of aromatic nitrogens is 2. The van der Waals surface area contributed by atoms with Gasteiger partial charge < -0.3 is 9.88 Å². The van der Waals surface area contributed by atoms with Gasteiger partial charge in [0, 0.05) is 23.7 Å². The molecule has 138 valence electrons. The Balaban J connectivity index is 1.63. The first-order valence-corrected chi connectivity index (χ1v) is 9.67. The molecule has 0 radical (unpaired) electrons. The number of imidazole rings is 1. The summed E-state index contributed by atoms with van der Waals surface area (Å²) >= 11 is 4.56.